The molecule has 306 valence electrons. The van der Waals surface area contributed by atoms with Crippen molar-refractivity contribution in [2.75, 3.05) is 31.5 Å². The van der Waals surface area contributed by atoms with Gasteiger partial charge in [0.1, 0.15) is 17.6 Å². The summed E-state index contributed by atoms with van der Waals surface area (Å²) in [4.78, 5) is 36.5. The molecule has 0 unspecified atom stereocenters. The smallest absolute Gasteiger partial charge is 0.272 e. The van der Waals surface area contributed by atoms with Crippen LogP contribution in [0.5, 0.6) is 5.75 Å². The van der Waals surface area contributed by atoms with Gasteiger partial charge in [0.15, 0.2) is 5.69 Å². The number of pyridine rings is 2. The lowest BCUT2D eigenvalue weighted by atomic mass is 9.93. The fourth-order valence-electron chi connectivity index (χ4n) is 7.94. The first-order valence-corrected chi connectivity index (χ1v) is 20.7. The predicted molar refractivity (Wildman–Crippen MR) is 229 cm³/mol. The summed E-state index contributed by atoms with van der Waals surface area (Å²) in [5.74, 6) is 1.08. The predicted octanol–water partition coefficient (Wildman–Crippen LogP) is 6.28. The number of carbonyl (C=O) groups is 2. The fourth-order valence-corrected chi connectivity index (χ4v) is 8.15. The number of anilines is 1. The number of fused-ring (bicyclic) bond motifs is 2. The fraction of sp³-hybridized carbons (Fsp3) is 0.333. The minimum Gasteiger partial charge on any atom is -0.490 e. The van der Waals surface area contributed by atoms with Crippen molar-refractivity contribution in [3.8, 4) is 34.3 Å². The van der Waals surface area contributed by atoms with Crippen LogP contribution in [0.25, 0.3) is 33.3 Å². The summed E-state index contributed by atoms with van der Waals surface area (Å²) in [6.07, 6.45) is 8.53. The SMILES string of the molecule is CC(=O)N1CCc2c(c(-c3cccc4cc(-c5ccc(CCNCCNc6ccc(C(=O)NC7CCC(Oc8ccc(C#N)c(Cl)c8)CC7)nn6)nc5)ncc34)nn2C)C1. The topological polar surface area (TPSA) is 176 Å². The molecule has 15 heteroatoms. The Hall–Kier alpha value is -6.43. The molecule has 2 amide bonds. The quantitative estimate of drug-likeness (QED) is 0.112. The zero-order valence-corrected chi connectivity index (χ0v) is 34.4. The molecular formula is C45H46ClN11O3. The lowest BCUT2D eigenvalue weighted by molar-refractivity contribution is -0.129. The van der Waals surface area contributed by atoms with Crippen molar-refractivity contribution in [2.24, 2.45) is 7.05 Å². The number of hydrogen-bond acceptors (Lipinski definition) is 11. The third-order valence-corrected chi connectivity index (χ3v) is 11.6. The molecule has 0 radical (unpaired) electrons. The first kappa shape index (κ1) is 40.4. The van der Waals surface area contributed by atoms with Crippen LogP contribution in [-0.2, 0) is 31.2 Å². The molecule has 0 saturated heterocycles. The minimum atomic E-state index is -0.244. The number of amides is 2. The molecule has 8 rings (SSSR count). The number of hydrogen-bond donors (Lipinski definition) is 3. The Morgan fingerprint density at radius 2 is 1.83 bits per heavy atom. The highest BCUT2D eigenvalue weighted by molar-refractivity contribution is 6.31. The second kappa shape index (κ2) is 18.2. The van der Waals surface area contributed by atoms with Gasteiger partial charge in [-0.3, -0.25) is 24.2 Å². The summed E-state index contributed by atoms with van der Waals surface area (Å²) in [7, 11) is 1.98. The molecule has 0 spiro atoms. The van der Waals surface area contributed by atoms with E-state index in [2.05, 4.69) is 56.5 Å². The molecule has 2 aliphatic rings. The Morgan fingerprint density at radius 1 is 0.967 bits per heavy atom. The van der Waals surface area contributed by atoms with Crippen molar-refractivity contribution in [3.05, 3.63) is 112 Å². The molecule has 6 aromatic rings. The van der Waals surface area contributed by atoms with E-state index in [0.717, 1.165) is 89.6 Å². The molecule has 2 aromatic carbocycles. The number of nitrogens with zero attached hydrogens (tertiary/aromatic N) is 8. The van der Waals surface area contributed by atoms with Crippen LogP contribution >= 0.6 is 11.6 Å². The van der Waals surface area contributed by atoms with Crippen LogP contribution in [0.3, 0.4) is 0 Å². The van der Waals surface area contributed by atoms with Gasteiger partial charge in [0.2, 0.25) is 5.91 Å². The van der Waals surface area contributed by atoms with Gasteiger partial charge in [-0.25, -0.2) is 0 Å². The van der Waals surface area contributed by atoms with Crippen molar-refractivity contribution in [2.45, 2.75) is 64.1 Å². The van der Waals surface area contributed by atoms with E-state index >= 15 is 0 Å². The zero-order valence-electron chi connectivity index (χ0n) is 33.6. The first-order chi connectivity index (χ1) is 29.2. The lowest BCUT2D eigenvalue weighted by Gasteiger charge is -2.29. The molecule has 1 aliphatic carbocycles. The second-order valence-electron chi connectivity index (χ2n) is 15.3. The number of nitrogens with one attached hydrogen (secondary N) is 3. The third kappa shape index (κ3) is 9.22. The highest BCUT2D eigenvalue weighted by Crippen LogP contribution is 2.35. The number of benzene rings is 2. The van der Waals surface area contributed by atoms with Gasteiger partial charge in [0, 0.05) is 118 Å². The van der Waals surface area contributed by atoms with E-state index in [9.17, 15) is 9.59 Å². The van der Waals surface area contributed by atoms with Crippen LogP contribution in [0, 0.1) is 11.3 Å². The molecule has 3 N–H and O–H groups in total. The zero-order chi connectivity index (χ0) is 41.6. The summed E-state index contributed by atoms with van der Waals surface area (Å²) >= 11 is 6.14. The maximum Gasteiger partial charge on any atom is 0.272 e. The number of ether oxygens (including phenoxy) is 1. The minimum absolute atomic E-state index is 0.0234. The van der Waals surface area contributed by atoms with E-state index in [4.69, 9.17) is 36.7 Å². The summed E-state index contributed by atoms with van der Waals surface area (Å²) < 4.78 is 8.01. The van der Waals surface area contributed by atoms with E-state index in [-0.39, 0.29) is 29.7 Å². The monoisotopic (exact) mass is 823 g/mol. The number of aromatic nitrogens is 6. The Morgan fingerprint density at radius 3 is 2.58 bits per heavy atom. The largest absolute Gasteiger partial charge is 0.490 e. The summed E-state index contributed by atoms with van der Waals surface area (Å²) in [5.41, 5.74) is 7.68. The van der Waals surface area contributed by atoms with E-state index in [1.54, 1.807) is 37.3 Å². The van der Waals surface area contributed by atoms with E-state index in [1.165, 1.54) is 5.69 Å². The molecule has 1 aliphatic heterocycles. The van der Waals surface area contributed by atoms with Gasteiger partial charge in [0.05, 0.1) is 28.1 Å². The third-order valence-electron chi connectivity index (χ3n) is 11.3. The summed E-state index contributed by atoms with van der Waals surface area (Å²) in [6.45, 7) is 5.01. The summed E-state index contributed by atoms with van der Waals surface area (Å²) in [6, 6.07) is 23.0. The average molecular weight is 824 g/mol. The number of rotatable bonds is 13. The van der Waals surface area contributed by atoms with Gasteiger partial charge < -0.3 is 25.6 Å². The molecule has 1 fully saturated rings. The van der Waals surface area contributed by atoms with Gasteiger partial charge in [0.25, 0.3) is 5.91 Å². The van der Waals surface area contributed by atoms with Crippen LogP contribution in [0.15, 0.2) is 79.1 Å². The van der Waals surface area contributed by atoms with Crippen LogP contribution in [-0.4, -0.2) is 85.0 Å². The molecule has 0 atom stereocenters. The van der Waals surface area contributed by atoms with Crippen LogP contribution < -0.4 is 20.7 Å². The highest BCUT2D eigenvalue weighted by atomic mass is 35.5. The van der Waals surface area contributed by atoms with Crippen molar-refractivity contribution in [1.29, 1.82) is 5.26 Å². The van der Waals surface area contributed by atoms with Crippen molar-refractivity contribution < 1.29 is 14.3 Å². The van der Waals surface area contributed by atoms with Gasteiger partial charge in [-0.1, -0.05) is 29.8 Å². The maximum atomic E-state index is 12.9. The Balaban J connectivity index is 0.756. The first-order valence-electron chi connectivity index (χ1n) is 20.3. The normalized spacial score (nSPS) is 16.2. The number of aryl methyl sites for hydroxylation is 1. The molecule has 0 bridgehead atoms. The van der Waals surface area contributed by atoms with Crippen molar-refractivity contribution >= 4 is 40.0 Å². The Labute approximate surface area is 353 Å². The van der Waals surface area contributed by atoms with Crippen molar-refractivity contribution in [1.82, 2.24) is 45.5 Å². The van der Waals surface area contributed by atoms with Crippen LogP contribution in [0.4, 0.5) is 5.82 Å². The molecule has 14 nitrogen and oxygen atoms in total. The number of halogens is 1. The van der Waals surface area contributed by atoms with E-state index in [0.29, 0.717) is 48.3 Å². The molecule has 4 aromatic heterocycles. The lowest BCUT2D eigenvalue weighted by Crippen LogP contribution is -2.40. The number of nitriles is 1. The van der Waals surface area contributed by atoms with E-state index in [1.807, 2.05) is 41.2 Å². The van der Waals surface area contributed by atoms with Gasteiger partial charge >= 0.3 is 0 Å². The molecular weight excluding hydrogens is 778 g/mol. The Bertz CT molecular complexity index is 2550. The van der Waals surface area contributed by atoms with Crippen LogP contribution in [0.2, 0.25) is 5.02 Å². The Kier molecular flexibility index (Phi) is 12.3. The molecule has 60 heavy (non-hydrogen) atoms. The summed E-state index contributed by atoms with van der Waals surface area (Å²) in [5, 5.41) is 34.5. The van der Waals surface area contributed by atoms with Gasteiger partial charge in [-0.15, -0.1) is 10.2 Å². The second-order valence-corrected chi connectivity index (χ2v) is 15.7. The van der Waals surface area contributed by atoms with Gasteiger partial charge in [-0.05, 0) is 73.5 Å². The number of carbonyl (C=O) groups excluding carboxylic acids is 2. The molecule has 1 saturated carbocycles. The van der Waals surface area contributed by atoms with Gasteiger partial charge in [-0.2, -0.15) is 10.4 Å². The highest BCUT2D eigenvalue weighted by Gasteiger charge is 2.27. The molecule has 5 heterocycles. The van der Waals surface area contributed by atoms with E-state index < -0.39 is 0 Å². The van der Waals surface area contributed by atoms with Crippen LogP contribution in [0.1, 0.15) is 65.6 Å². The maximum absolute atomic E-state index is 12.9. The standard InChI is InChI=1S/C45H46ClN11O3/c1-28(58)57-21-17-42-38(27-57)44(55-56(42)2)36-5-3-4-29-22-41(51-26-37(29)36)31-6-8-32(50-25-31)16-18-48-19-20-49-43-15-14-40(53-54-43)45(59)52-33-9-12-34(13-10-33)60-35-11-7-30(24-47)39(46)23-35/h3-8,11,14-15,22-23,25-26,33-34,48H,9-10,12-13,16-21,27H2,1-2H3,(H,49,54)(H,52,59). The van der Waals surface area contributed by atoms with Crippen molar-refractivity contribution in [3.63, 3.8) is 0 Å². The average Bonchev–Trinajstić information content (AvgIpc) is 3.60.